The minimum Gasteiger partial charge on any atom is -0.339 e. The molecule has 7 nitrogen and oxygen atoms in total. The van der Waals surface area contributed by atoms with E-state index in [9.17, 15) is 14.4 Å². The van der Waals surface area contributed by atoms with Crippen LogP contribution >= 0.6 is 0 Å². The lowest BCUT2D eigenvalue weighted by Gasteiger charge is -2.41. The van der Waals surface area contributed by atoms with E-state index in [0.29, 0.717) is 49.5 Å². The number of benzene rings is 1. The molecule has 0 bridgehead atoms. The molecule has 1 N–H and O–H groups in total. The lowest BCUT2D eigenvalue weighted by atomic mass is 9.73. The molecule has 4 amide bonds. The number of amides is 4. The molecular formula is C28H36N4O3. The fourth-order valence-electron chi connectivity index (χ4n) is 5.46. The number of rotatable bonds is 7. The van der Waals surface area contributed by atoms with Crippen molar-refractivity contribution in [1.29, 1.82) is 0 Å². The van der Waals surface area contributed by atoms with Crippen molar-refractivity contribution >= 4 is 17.8 Å². The van der Waals surface area contributed by atoms with E-state index in [-0.39, 0.29) is 30.3 Å². The number of hydrogen-bond donors (Lipinski definition) is 1. The maximum atomic E-state index is 13.8. The lowest BCUT2D eigenvalue weighted by molar-refractivity contribution is -0.134. The first-order valence-corrected chi connectivity index (χ1v) is 12.6. The third-order valence-corrected chi connectivity index (χ3v) is 7.31. The van der Waals surface area contributed by atoms with Crippen molar-refractivity contribution in [3.05, 3.63) is 65.0 Å². The van der Waals surface area contributed by atoms with E-state index in [1.807, 2.05) is 49.1 Å². The molecule has 1 unspecified atom stereocenters. The summed E-state index contributed by atoms with van der Waals surface area (Å²) in [5, 5.41) is 3.11. The Kier molecular flexibility index (Phi) is 7.24. The van der Waals surface area contributed by atoms with Crippen molar-refractivity contribution in [3.8, 4) is 0 Å². The molecular weight excluding hydrogens is 440 g/mol. The van der Waals surface area contributed by atoms with Gasteiger partial charge in [-0.3, -0.25) is 19.5 Å². The van der Waals surface area contributed by atoms with Crippen LogP contribution in [0.2, 0.25) is 0 Å². The molecule has 2 fully saturated rings. The smallest absolute Gasteiger partial charge is 0.325 e. The first-order chi connectivity index (χ1) is 16.7. The van der Waals surface area contributed by atoms with Gasteiger partial charge in [0.15, 0.2) is 0 Å². The maximum Gasteiger partial charge on any atom is 0.325 e. The SMILES string of the molecule is Cc1cc(C)cc(C(=O)N2CCC(C3(CCC(C)C)NC(=O)N(Cc4ccccn4)C3=O)CC2)c1. The Morgan fingerprint density at radius 1 is 1.11 bits per heavy atom. The van der Waals surface area contributed by atoms with Crippen LogP contribution in [0.15, 0.2) is 42.6 Å². The molecule has 186 valence electrons. The molecule has 2 aliphatic heterocycles. The van der Waals surface area contributed by atoms with Crippen LogP contribution < -0.4 is 5.32 Å². The summed E-state index contributed by atoms with van der Waals surface area (Å²) in [6.07, 6.45) is 4.47. The topological polar surface area (TPSA) is 82.6 Å². The van der Waals surface area contributed by atoms with Gasteiger partial charge in [-0.25, -0.2) is 4.79 Å². The first kappa shape index (κ1) is 24.9. The minimum absolute atomic E-state index is 0.0188. The zero-order valence-electron chi connectivity index (χ0n) is 21.2. The van der Waals surface area contributed by atoms with Gasteiger partial charge in [-0.1, -0.05) is 37.1 Å². The summed E-state index contributed by atoms with van der Waals surface area (Å²) < 4.78 is 0. The van der Waals surface area contributed by atoms with Crippen molar-refractivity contribution in [2.24, 2.45) is 11.8 Å². The predicted molar refractivity (Wildman–Crippen MR) is 135 cm³/mol. The Bertz CT molecular complexity index is 1070. The molecule has 0 saturated carbocycles. The number of aromatic nitrogens is 1. The summed E-state index contributed by atoms with van der Waals surface area (Å²) in [4.78, 5) is 47.5. The van der Waals surface area contributed by atoms with E-state index in [4.69, 9.17) is 0 Å². The number of likely N-dealkylation sites (tertiary alicyclic amines) is 1. The molecule has 35 heavy (non-hydrogen) atoms. The Balaban J connectivity index is 1.51. The predicted octanol–water partition coefficient (Wildman–Crippen LogP) is 4.48. The van der Waals surface area contributed by atoms with Gasteiger partial charge in [-0.2, -0.15) is 0 Å². The zero-order valence-corrected chi connectivity index (χ0v) is 21.2. The second-order valence-electron chi connectivity index (χ2n) is 10.5. The first-order valence-electron chi connectivity index (χ1n) is 12.6. The monoisotopic (exact) mass is 476 g/mol. The summed E-state index contributed by atoms with van der Waals surface area (Å²) in [5.74, 6) is 0.264. The Hall–Kier alpha value is -3.22. The Morgan fingerprint density at radius 2 is 1.80 bits per heavy atom. The summed E-state index contributed by atoms with van der Waals surface area (Å²) in [5.41, 5.74) is 2.61. The molecule has 1 aromatic carbocycles. The number of carbonyl (C=O) groups is 3. The number of hydrogen-bond acceptors (Lipinski definition) is 4. The van der Waals surface area contributed by atoms with E-state index in [1.54, 1.807) is 6.20 Å². The van der Waals surface area contributed by atoms with Crippen LogP contribution in [-0.4, -0.2) is 51.3 Å². The van der Waals surface area contributed by atoms with Crippen LogP contribution in [0, 0.1) is 25.7 Å². The number of imide groups is 1. The molecule has 3 heterocycles. The highest BCUT2D eigenvalue weighted by Gasteiger charge is 2.55. The van der Waals surface area contributed by atoms with Crippen molar-refractivity contribution in [2.75, 3.05) is 13.1 Å². The highest BCUT2D eigenvalue weighted by atomic mass is 16.2. The minimum atomic E-state index is -0.925. The highest BCUT2D eigenvalue weighted by molar-refractivity contribution is 6.07. The fraction of sp³-hybridized carbons (Fsp3) is 0.500. The molecule has 7 heteroatoms. The third kappa shape index (κ3) is 5.24. The van der Waals surface area contributed by atoms with Gasteiger partial charge >= 0.3 is 6.03 Å². The van der Waals surface area contributed by atoms with Crippen molar-refractivity contribution in [3.63, 3.8) is 0 Å². The quantitative estimate of drug-likeness (QED) is 0.598. The number of carbonyl (C=O) groups excluding carboxylic acids is 3. The molecule has 0 radical (unpaired) electrons. The number of nitrogens with zero attached hydrogens (tertiary/aromatic N) is 3. The molecule has 1 aromatic heterocycles. The van der Waals surface area contributed by atoms with Crippen molar-refractivity contribution in [1.82, 2.24) is 20.1 Å². The second kappa shape index (κ2) is 10.2. The van der Waals surface area contributed by atoms with E-state index >= 15 is 0 Å². The average molecular weight is 477 g/mol. The van der Waals surface area contributed by atoms with E-state index < -0.39 is 5.54 Å². The average Bonchev–Trinajstić information content (AvgIpc) is 3.07. The van der Waals surface area contributed by atoms with E-state index in [1.165, 1.54) is 4.90 Å². The normalized spacial score (nSPS) is 21.1. The van der Waals surface area contributed by atoms with Gasteiger partial charge in [0.25, 0.3) is 11.8 Å². The van der Waals surface area contributed by atoms with Crippen LogP contribution in [0.25, 0.3) is 0 Å². The van der Waals surface area contributed by atoms with Crippen LogP contribution in [0.3, 0.4) is 0 Å². The number of piperidine rings is 1. The van der Waals surface area contributed by atoms with E-state index in [0.717, 1.165) is 17.5 Å². The summed E-state index contributed by atoms with van der Waals surface area (Å²) in [6, 6.07) is 11.1. The molecule has 0 spiro atoms. The lowest BCUT2D eigenvalue weighted by Crippen LogP contribution is -2.56. The molecule has 0 aliphatic carbocycles. The number of urea groups is 1. The van der Waals surface area contributed by atoms with Crippen LogP contribution in [0.5, 0.6) is 0 Å². The van der Waals surface area contributed by atoms with Gasteiger partial charge in [0.2, 0.25) is 0 Å². The van der Waals surface area contributed by atoms with E-state index in [2.05, 4.69) is 30.2 Å². The van der Waals surface area contributed by atoms with Gasteiger partial charge in [-0.05, 0) is 75.6 Å². The van der Waals surface area contributed by atoms with Gasteiger partial charge in [0.05, 0.1) is 12.2 Å². The molecule has 4 rings (SSSR count). The second-order valence-corrected chi connectivity index (χ2v) is 10.5. The van der Waals surface area contributed by atoms with Crippen LogP contribution in [-0.2, 0) is 11.3 Å². The Labute approximate surface area is 207 Å². The van der Waals surface area contributed by atoms with Crippen molar-refractivity contribution in [2.45, 2.75) is 65.5 Å². The largest absolute Gasteiger partial charge is 0.339 e. The van der Waals surface area contributed by atoms with Gasteiger partial charge in [0, 0.05) is 24.8 Å². The Morgan fingerprint density at radius 3 is 2.40 bits per heavy atom. The summed E-state index contributed by atoms with van der Waals surface area (Å²) in [7, 11) is 0. The molecule has 1 atom stereocenters. The number of nitrogens with one attached hydrogen (secondary N) is 1. The highest BCUT2D eigenvalue weighted by Crippen LogP contribution is 2.38. The number of pyridine rings is 1. The number of aryl methyl sites for hydroxylation is 2. The summed E-state index contributed by atoms with van der Waals surface area (Å²) >= 11 is 0. The van der Waals surface area contributed by atoms with Gasteiger partial charge in [-0.15, -0.1) is 0 Å². The standard InChI is InChI=1S/C28H36N4O3/c1-19(2)8-11-28(26(34)32(27(35)30-28)18-24-7-5-6-12-29-24)23-9-13-31(14-10-23)25(33)22-16-20(3)15-21(4)17-22/h5-7,12,15-17,19,23H,8-11,13-14,18H2,1-4H3,(H,30,35). The summed E-state index contributed by atoms with van der Waals surface area (Å²) in [6.45, 7) is 9.57. The maximum absolute atomic E-state index is 13.8. The fourth-order valence-corrected chi connectivity index (χ4v) is 5.46. The van der Waals surface area contributed by atoms with Crippen molar-refractivity contribution < 1.29 is 14.4 Å². The molecule has 2 saturated heterocycles. The van der Waals surface area contributed by atoms with Crippen LogP contribution in [0.4, 0.5) is 4.79 Å². The molecule has 2 aliphatic rings. The zero-order chi connectivity index (χ0) is 25.2. The van der Waals surface area contributed by atoms with Gasteiger partial charge in [0.1, 0.15) is 5.54 Å². The van der Waals surface area contributed by atoms with Gasteiger partial charge < -0.3 is 10.2 Å². The molecule has 2 aromatic rings. The van der Waals surface area contributed by atoms with Crippen LogP contribution in [0.1, 0.15) is 66.7 Å². The third-order valence-electron chi connectivity index (χ3n) is 7.31.